The number of nitrogens with zero attached hydrogens (tertiary/aromatic N) is 1. The number of methoxy groups -OCH3 is 1. The van der Waals surface area contributed by atoms with Crippen molar-refractivity contribution in [3.05, 3.63) is 40.3 Å². The maximum absolute atomic E-state index is 11.8. The number of aromatic nitrogens is 1. The Balaban J connectivity index is 1.78. The zero-order valence-electron chi connectivity index (χ0n) is 12.2. The molecule has 0 aliphatic carbocycles. The number of rotatable bonds is 4. The first-order valence-corrected chi connectivity index (χ1v) is 7.76. The van der Waals surface area contributed by atoms with Gasteiger partial charge >= 0.3 is 0 Å². The van der Waals surface area contributed by atoms with Crippen molar-refractivity contribution in [1.82, 2.24) is 15.8 Å². The minimum Gasteiger partial charge on any atom is -0.497 e. The SMILES string of the molecule is COc1cccc(NC(=S)NNC(=O)Cc2csc(C)n2)c1. The van der Waals surface area contributed by atoms with Gasteiger partial charge < -0.3 is 10.1 Å². The molecule has 6 nitrogen and oxygen atoms in total. The number of amides is 1. The first-order chi connectivity index (χ1) is 10.6. The molecule has 116 valence electrons. The minimum absolute atomic E-state index is 0.207. The molecule has 3 N–H and O–H groups in total. The molecule has 0 fully saturated rings. The van der Waals surface area contributed by atoms with Crippen LogP contribution in [0.3, 0.4) is 0 Å². The molecule has 0 saturated carbocycles. The molecule has 0 aliphatic heterocycles. The van der Waals surface area contributed by atoms with Crippen LogP contribution >= 0.6 is 23.6 Å². The van der Waals surface area contributed by atoms with E-state index in [0.717, 1.165) is 22.1 Å². The molecule has 2 rings (SSSR count). The summed E-state index contributed by atoms with van der Waals surface area (Å²) < 4.78 is 5.12. The number of hydrazine groups is 1. The summed E-state index contributed by atoms with van der Waals surface area (Å²) in [7, 11) is 1.59. The number of hydrogen-bond donors (Lipinski definition) is 3. The zero-order valence-corrected chi connectivity index (χ0v) is 13.8. The molecular formula is C14H16N4O2S2. The summed E-state index contributed by atoms with van der Waals surface area (Å²) in [5, 5.41) is 6.04. The van der Waals surface area contributed by atoms with Gasteiger partial charge in [-0.05, 0) is 31.3 Å². The Morgan fingerprint density at radius 3 is 2.91 bits per heavy atom. The van der Waals surface area contributed by atoms with Crippen molar-refractivity contribution < 1.29 is 9.53 Å². The molecule has 0 unspecified atom stereocenters. The standard InChI is InChI=1S/C14H16N4O2S2/c1-9-15-11(8-22-9)7-13(19)17-18-14(21)16-10-4-3-5-12(6-10)20-2/h3-6,8H,7H2,1-2H3,(H,17,19)(H2,16,18,21). The van der Waals surface area contributed by atoms with E-state index in [1.807, 2.05) is 30.5 Å². The van der Waals surface area contributed by atoms with Gasteiger partial charge in [-0.25, -0.2) is 4.98 Å². The fourth-order valence-corrected chi connectivity index (χ4v) is 2.47. The van der Waals surface area contributed by atoms with Crippen LogP contribution in [-0.4, -0.2) is 23.1 Å². The van der Waals surface area contributed by atoms with E-state index in [0.29, 0.717) is 0 Å². The van der Waals surface area contributed by atoms with Gasteiger partial charge in [0.2, 0.25) is 5.91 Å². The van der Waals surface area contributed by atoms with E-state index in [1.165, 1.54) is 11.3 Å². The van der Waals surface area contributed by atoms with Crippen LogP contribution in [0.1, 0.15) is 10.7 Å². The van der Waals surface area contributed by atoms with Crippen molar-refractivity contribution in [1.29, 1.82) is 0 Å². The molecule has 0 aliphatic rings. The minimum atomic E-state index is -0.208. The normalized spacial score (nSPS) is 9.91. The van der Waals surface area contributed by atoms with E-state index in [4.69, 9.17) is 17.0 Å². The topological polar surface area (TPSA) is 75.3 Å². The average molecular weight is 336 g/mol. The smallest absolute Gasteiger partial charge is 0.244 e. The number of anilines is 1. The fourth-order valence-electron chi connectivity index (χ4n) is 1.69. The average Bonchev–Trinajstić information content (AvgIpc) is 2.90. The lowest BCUT2D eigenvalue weighted by atomic mass is 10.3. The predicted molar refractivity (Wildman–Crippen MR) is 91.0 cm³/mol. The second-order valence-corrected chi connectivity index (χ2v) is 5.86. The van der Waals surface area contributed by atoms with Gasteiger partial charge in [0.25, 0.3) is 0 Å². The fraction of sp³-hybridized carbons (Fsp3) is 0.214. The van der Waals surface area contributed by atoms with Crippen molar-refractivity contribution in [2.45, 2.75) is 13.3 Å². The summed E-state index contributed by atoms with van der Waals surface area (Å²) >= 11 is 6.63. The van der Waals surface area contributed by atoms with Crippen molar-refractivity contribution in [3.63, 3.8) is 0 Å². The van der Waals surface area contributed by atoms with E-state index in [-0.39, 0.29) is 17.4 Å². The second-order valence-electron chi connectivity index (χ2n) is 4.39. The Morgan fingerprint density at radius 1 is 1.41 bits per heavy atom. The number of hydrogen-bond acceptors (Lipinski definition) is 5. The Hall–Kier alpha value is -2.19. The molecular weight excluding hydrogens is 320 g/mol. The Labute approximate surface area is 137 Å². The molecule has 0 spiro atoms. The Bertz CT molecular complexity index is 672. The number of aryl methyl sites for hydroxylation is 1. The number of benzene rings is 1. The first kappa shape index (κ1) is 16.2. The number of carbonyl (C=O) groups excluding carboxylic acids is 1. The van der Waals surface area contributed by atoms with E-state index in [1.54, 1.807) is 13.2 Å². The molecule has 1 heterocycles. The molecule has 1 amide bonds. The highest BCUT2D eigenvalue weighted by Gasteiger charge is 2.07. The predicted octanol–water partition coefficient (Wildman–Crippen LogP) is 2.02. The van der Waals surface area contributed by atoms with Gasteiger partial charge in [0.05, 0.1) is 24.2 Å². The van der Waals surface area contributed by atoms with Crippen LogP contribution in [0.2, 0.25) is 0 Å². The molecule has 1 aromatic carbocycles. The number of nitrogens with one attached hydrogen (secondary N) is 3. The van der Waals surface area contributed by atoms with E-state index < -0.39 is 0 Å². The summed E-state index contributed by atoms with van der Waals surface area (Å²) in [5.41, 5.74) is 6.69. The Morgan fingerprint density at radius 2 is 2.23 bits per heavy atom. The van der Waals surface area contributed by atoms with Crippen LogP contribution in [0.15, 0.2) is 29.6 Å². The molecule has 2 aromatic rings. The number of carbonyl (C=O) groups is 1. The summed E-state index contributed by atoms with van der Waals surface area (Å²) in [4.78, 5) is 16.0. The van der Waals surface area contributed by atoms with E-state index in [9.17, 15) is 4.79 Å². The largest absolute Gasteiger partial charge is 0.497 e. The van der Waals surface area contributed by atoms with Gasteiger partial charge in [0.1, 0.15) is 5.75 Å². The summed E-state index contributed by atoms with van der Waals surface area (Å²) in [6.07, 6.45) is 0.207. The number of ether oxygens (including phenoxy) is 1. The highest BCUT2D eigenvalue weighted by molar-refractivity contribution is 7.80. The summed E-state index contributed by atoms with van der Waals surface area (Å²) in [6.45, 7) is 1.90. The third-order valence-corrected chi connectivity index (χ3v) is 3.68. The van der Waals surface area contributed by atoms with Crippen LogP contribution in [0.25, 0.3) is 0 Å². The first-order valence-electron chi connectivity index (χ1n) is 6.47. The maximum Gasteiger partial charge on any atom is 0.244 e. The van der Waals surface area contributed by atoms with Crippen LogP contribution in [0.5, 0.6) is 5.75 Å². The lowest BCUT2D eigenvalue weighted by molar-refractivity contribution is -0.121. The van der Waals surface area contributed by atoms with Crippen LogP contribution in [-0.2, 0) is 11.2 Å². The third-order valence-electron chi connectivity index (χ3n) is 2.65. The summed E-state index contributed by atoms with van der Waals surface area (Å²) in [5.74, 6) is 0.510. The van der Waals surface area contributed by atoms with Crippen molar-refractivity contribution >= 4 is 40.3 Å². The van der Waals surface area contributed by atoms with Gasteiger partial charge in [0.15, 0.2) is 5.11 Å². The number of thiocarbonyl (C=S) groups is 1. The van der Waals surface area contributed by atoms with Gasteiger partial charge in [-0.15, -0.1) is 11.3 Å². The van der Waals surface area contributed by atoms with Crippen LogP contribution in [0, 0.1) is 6.92 Å². The molecule has 0 radical (unpaired) electrons. The van der Waals surface area contributed by atoms with Crippen molar-refractivity contribution in [2.24, 2.45) is 0 Å². The summed E-state index contributed by atoms with van der Waals surface area (Å²) in [6, 6.07) is 7.32. The monoisotopic (exact) mass is 336 g/mol. The van der Waals surface area contributed by atoms with Crippen molar-refractivity contribution in [3.8, 4) is 5.75 Å². The Kier molecular flexibility index (Phi) is 5.68. The lowest BCUT2D eigenvalue weighted by Crippen LogP contribution is -2.44. The van der Waals surface area contributed by atoms with Gasteiger partial charge in [0, 0.05) is 17.1 Å². The highest BCUT2D eigenvalue weighted by Crippen LogP contribution is 2.16. The molecule has 8 heteroatoms. The second kappa shape index (κ2) is 7.71. The zero-order chi connectivity index (χ0) is 15.9. The van der Waals surface area contributed by atoms with Gasteiger partial charge in [-0.2, -0.15) is 0 Å². The maximum atomic E-state index is 11.8. The van der Waals surface area contributed by atoms with Gasteiger partial charge in [-0.1, -0.05) is 6.07 Å². The molecule has 0 bridgehead atoms. The quantitative estimate of drug-likeness (QED) is 0.586. The third kappa shape index (κ3) is 4.97. The van der Waals surface area contributed by atoms with Gasteiger partial charge in [-0.3, -0.25) is 15.6 Å². The molecule has 1 aromatic heterocycles. The number of thiazole rings is 1. The van der Waals surface area contributed by atoms with Crippen molar-refractivity contribution in [2.75, 3.05) is 12.4 Å². The van der Waals surface area contributed by atoms with Crippen LogP contribution in [0.4, 0.5) is 5.69 Å². The van der Waals surface area contributed by atoms with E-state index >= 15 is 0 Å². The molecule has 22 heavy (non-hydrogen) atoms. The lowest BCUT2D eigenvalue weighted by Gasteiger charge is -2.11. The molecule has 0 saturated heterocycles. The molecule has 0 atom stereocenters. The van der Waals surface area contributed by atoms with E-state index in [2.05, 4.69) is 21.2 Å². The van der Waals surface area contributed by atoms with Crippen LogP contribution < -0.4 is 20.9 Å². The highest BCUT2D eigenvalue weighted by atomic mass is 32.1.